The van der Waals surface area contributed by atoms with E-state index in [1.54, 1.807) is 0 Å². The normalized spacial score (nSPS) is 16.2. The lowest BCUT2D eigenvalue weighted by Crippen LogP contribution is -2.41. The Balaban J connectivity index is 1.47. The summed E-state index contributed by atoms with van der Waals surface area (Å²) in [4.78, 5) is 14.5. The zero-order valence-electron chi connectivity index (χ0n) is 15.6. The SMILES string of the molecule is O=C(NCc1ccn(Cc2ccccc2)n1)N1CCCCCCCCC1. The van der Waals surface area contributed by atoms with E-state index < -0.39 is 0 Å². The molecule has 2 amide bonds. The number of nitrogens with zero attached hydrogens (tertiary/aromatic N) is 3. The molecule has 0 unspecified atom stereocenters. The molecule has 1 aliphatic heterocycles. The minimum atomic E-state index is 0.0446. The van der Waals surface area contributed by atoms with E-state index in [9.17, 15) is 4.79 Å². The van der Waals surface area contributed by atoms with Crippen LogP contribution in [0.15, 0.2) is 42.6 Å². The van der Waals surface area contributed by atoms with Gasteiger partial charge in [0.1, 0.15) is 0 Å². The van der Waals surface area contributed by atoms with E-state index in [-0.39, 0.29) is 6.03 Å². The monoisotopic (exact) mass is 354 g/mol. The molecule has 0 atom stereocenters. The summed E-state index contributed by atoms with van der Waals surface area (Å²) in [6.07, 6.45) is 10.6. The van der Waals surface area contributed by atoms with Crippen LogP contribution in [0.2, 0.25) is 0 Å². The van der Waals surface area contributed by atoms with Crippen LogP contribution in [0.5, 0.6) is 0 Å². The van der Waals surface area contributed by atoms with Crippen LogP contribution in [0.25, 0.3) is 0 Å². The number of rotatable bonds is 4. The summed E-state index contributed by atoms with van der Waals surface area (Å²) in [5.41, 5.74) is 2.12. The van der Waals surface area contributed by atoms with Gasteiger partial charge in [-0.2, -0.15) is 5.10 Å². The van der Waals surface area contributed by atoms with E-state index in [2.05, 4.69) is 22.5 Å². The summed E-state index contributed by atoms with van der Waals surface area (Å²) in [7, 11) is 0. The fourth-order valence-electron chi connectivity index (χ4n) is 3.44. The van der Waals surface area contributed by atoms with Gasteiger partial charge in [-0.1, -0.05) is 62.4 Å². The Hall–Kier alpha value is -2.30. The molecule has 5 nitrogen and oxygen atoms in total. The van der Waals surface area contributed by atoms with Crippen molar-refractivity contribution < 1.29 is 4.79 Å². The van der Waals surface area contributed by atoms with Crippen molar-refractivity contribution in [3.63, 3.8) is 0 Å². The minimum absolute atomic E-state index is 0.0446. The number of carbonyl (C=O) groups excluding carboxylic acids is 1. The minimum Gasteiger partial charge on any atom is -0.332 e. The van der Waals surface area contributed by atoms with Gasteiger partial charge in [0.25, 0.3) is 0 Å². The summed E-state index contributed by atoms with van der Waals surface area (Å²) >= 11 is 0. The highest BCUT2D eigenvalue weighted by Gasteiger charge is 2.14. The van der Waals surface area contributed by atoms with Crippen LogP contribution in [-0.4, -0.2) is 33.8 Å². The van der Waals surface area contributed by atoms with E-state index in [1.165, 1.54) is 37.7 Å². The molecule has 1 aromatic carbocycles. The maximum Gasteiger partial charge on any atom is 0.317 e. The summed E-state index contributed by atoms with van der Waals surface area (Å²) in [5.74, 6) is 0. The van der Waals surface area contributed by atoms with Crippen LogP contribution in [0, 0.1) is 0 Å². The molecule has 0 aliphatic carbocycles. The van der Waals surface area contributed by atoms with E-state index in [1.807, 2.05) is 40.0 Å². The second kappa shape index (κ2) is 10.00. The molecule has 0 radical (unpaired) electrons. The summed E-state index contributed by atoms with van der Waals surface area (Å²) in [6, 6.07) is 12.3. The van der Waals surface area contributed by atoms with E-state index >= 15 is 0 Å². The van der Waals surface area contributed by atoms with Crippen molar-refractivity contribution in [2.45, 2.75) is 58.0 Å². The third kappa shape index (κ3) is 5.90. The molecule has 2 heterocycles. The molecule has 2 aromatic rings. The Kier molecular flexibility index (Phi) is 7.11. The second-order valence-electron chi connectivity index (χ2n) is 7.11. The maximum atomic E-state index is 12.5. The van der Waals surface area contributed by atoms with Crippen molar-refractivity contribution in [3.05, 3.63) is 53.9 Å². The Labute approximate surface area is 156 Å². The predicted octanol–water partition coefficient (Wildman–Crippen LogP) is 4.19. The zero-order valence-corrected chi connectivity index (χ0v) is 15.6. The number of aromatic nitrogens is 2. The molecule has 1 aromatic heterocycles. The Morgan fingerprint density at radius 1 is 0.923 bits per heavy atom. The quantitative estimate of drug-likeness (QED) is 0.895. The molecule has 1 saturated heterocycles. The predicted molar refractivity (Wildman–Crippen MR) is 104 cm³/mol. The van der Waals surface area contributed by atoms with Gasteiger partial charge in [-0.15, -0.1) is 0 Å². The summed E-state index contributed by atoms with van der Waals surface area (Å²) in [6.45, 7) is 2.97. The largest absolute Gasteiger partial charge is 0.332 e. The van der Waals surface area contributed by atoms with Crippen molar-refractivity contribution >= 4 is 6.03 Å². The molecule has 140 valence electrons. The van der Waals surface area contributed by atoms with E-state index in [4.69, 9.17) is 0 Å². The number of urea groups is 1. The lowest BCUT2D eigenvalue weighted by atomic mass is 10.1. The molecule has 1 fully saturated rings. The van der Waals surface area contributed by atoms with Crippen LogP contribution < -0.4 is 5.32 Å². The number of amides is 2. The first kappa shape index (κ1) is 18.5. The van der Waals surface area contributed by atoms with Crippen LogP contribution in [0.4, 0.5) is 4.79 Å². The average molecular weight is 354 g/mol. The number of benzene rings is 1. The lowest BCUT2D eigenvalue weighted by Gasteiger charge is -2.24. The third-order valence-corrected chi connectivity index (χ3v) is 4.95. The summed E-state index contributed by atoms with van der Waals surface area (Å²) < 4.78 is 1.92. The maximum absolute atomic E-state index is 12.5. The van der Waals surface area contributed by atoms with Gasteiger partial charge >= 0.3 is 6.03 Å². The Morgan fingerprint density at radius 2 is 1.58 bits per heavy atom. The summed E-state index contributed by atoms with van der Waals surface area (Å²) in [5, 5.41) is 7.61. The zero-order chi connectivity index (χ0) is 18.0. The van der Waals surface area contributed by atoms with Gasteiger partial charge in [0.2, 0.25) is 0 Å². The van der Waals surface area contributed by atoms with Crippen LogP contribution >= 0.6 is 0 Å². The fraction of sp³-hybridized carbons (Fsp3) is 0.524. The molecule has 0 bridgehead atoms. The highest BCUT2D eigenvalue weighted by Crippen LogP contribution is 2.12. The smallest absolute Gasteiger partial charge is 0.317 e. The van der Waals surface area contributed by atoms with Crippen LogP contribution in [-0.2, 0) is 13.1 Å². The van der Waals surface area contributed by atoms with Gasteiger partial charge in [-0.25, -0.2) is 4.79 Å². The van der Waals surface area contributed by atoms with Gasteiger partial charge in [0.15, 0.2) is 0 Å². The van der Waals surface area contributed by atoms with Crippen molar-refractivity contribution in [2.75, 3.05) is 13.1 Å². The topological polar surface area (TPSA) is 50.2 Å². The van der Waals surface area contributed by atoms with Gasteiger partial charge in [-0.05, 0) is 24.5 Å². The first-order chi connectivity index (χ1) is 12.8. The standard InChI is InChI=1S/C21H30N4O/c26-21(24-14-9-4-2-1-3-5-10-15-24)22-17-20-13-16-25(23-20)18-19-11-7-6-8-12-19/h6-8,11-13,16H,1-5,9-10,14-15,17-18H2,(H,22,26). The number of hydrogen-bond donors (Lipinski definition) is 1. The molecule has 26 heavy (non-hydrogen) atoms. The molecule has 3 rings (SSSR count). The number of nitrogens with one attached hydrogen (secondary N) is 1. The molecule has 1 N–H and O–H groups in total. The first-order valence-electron chi connectivity index (χ1n) is 9.90. The highest BCUT2D eigenvalue weighted by atomic mass is 16.2. The van der Waals surface area contributed by atoms with Gasteiger partial charge in [0, 0.05) is 19.3 Å². The first-order valence-corrected chi connectivity index (χ1v) is 9.90. The van der Waals surface area contributed by atoms with Gasteiger partial charge < -0.3 is 10.2 Å². The van der Waals surface area contributed by atoms with Gasteiger partial charge in [0.05, 0.1) is 18.8 Å². The molecule has 5 heteroatoms. The number of hydrogen-bond acceptors (Lipinski definition) is 2. The van der Waals surface area contributed by atoms with E-state index in [0.717, 1.165) is 38.2 Å². The third-order valence-electron chi connectivity index (χ3n) is 4.95. The van der Waals surface area contributed by atoms with Crippen molar-refractivity contribution in [2.24, 2.45) is 0 Å². The fourth-order valence-corrected chi connectivity index (χ4v) is 3.44. The molecule has 0 spiro atoms. The molecule has 1 aliphatic rings. The molecular formula is C21H30N4O. The van der Waals surface area contributed by atoms with Gasteiger partial charge in [-0.3, -0.25) is 4.68 Å². The van der Waals surface area contributed by atoms with Crippen LogP contribution in [0.3, 0.4) is 0 Å². The Bertz CT molecular complexity index is 658. The average Bonchev–Trinajstić information content (AvgIpc) is 3.12. The second-order valence-corrected chi connectivity index (χ2v) is 7.11. The lowest BCUT2D eigenvalue weighted by molar-refractivity contribution is 0.193. The van der Waals surface area contributed by atoms with Crippen molar-refractivity contribution in [1.29, 1.82) is 0 Å². The van der Waals surface area contributed by atoms with Crippen LogP contribution in [0.1, 0.15) is 56.2 Å². The molecule has 0 saturated carbocycles. The van der Waals surface area contributed by atoms with Crippen molar-refractivity contribution in [1.82, 2.24) is 20.0 Å². The molecular weight excluding hydrogens is 324 g/mol. The van der Waals surface area contributed by atoms with Crippen molar-refractivity contribution in [3.8, 4) is 0 Å². The highest BCUT2D eigenvalue weighted by molar-refractivity contribution is 5.74. The van der Waals surface area contributed by atoms with E-state index in [0.29, 0.717) is 6.54 Å². The Morgan fingerprint density at radius 3 is 2.27 bits per heavy atom. The number of carbonyl (C=O) groups is 1.